The van der Waals surface area contributed by atoms with Crippen LogP contribution in [0.3, 0.4) is 0 Å². The Kier molecular flexibility index (Phi) is 5.12. The molecule has 1 heterocycles. The fourth-order valence-corrected chi connectivity index (χ4v) is 3.73. The van der Waals surface area contributed by atoms with Crippen molar-refractivity contribution in [3.8, 4) is 0 Å². The molecular formula is C17H15N3O2S2. The van der Waals surface area contributed by atoms with Crippen LogP contribution in [0, 0.1) is 0 Å². The molecule has 2 aromatic carbocycles. The molecule has 0 fully saturated rings. The number of rotatable bonds is 5. The molecule has 0 bridgehead atoms. The van der Waals surface area contributed by atoms with Gasteiger partial charge in [0, 0.05) is 17.5 Å². The Bertz CT molecular complexity index is 859. The molecule has 2 amide bonds. The van der Waals surface area contributed by atoms with Crippen LogP contribution in [-0.2, 0) is 9.59 Å². The first kappa shape index (κ1) is 16.5. The van der Waals surface area contributed by atoms with Gasteiger partial charge in [-0.05, 0) is 30.3 Å². The number of benzene rings is 2. The fourth-order valence-electron chi connectivity index (χ4n) is 2.10. The second-order valence-corrected chi connectivity index (χ2v) is 7.11. The normalized spacial score (nSPS) is 10.5. The van der Waals surface area contributed by atoms with E-state index < -0.39 is 0 Å². The van der Waals surface area contributed by atoms with Crippen LogP contribution in [0.4, 0.5) is 10.8 Å². The number of anilines is 2. The van der Waals surface area contributed by atoms with E-state index in [4.69, 9.17) is 0 Å². The predicted molar refractivity (Wildman–Crippen MR) is 99.7 cm³/mol. The molecular weight excluding hydrogens is 342 g/mol. The Morgan fingerprint density at radius 2 is 1.96 bits per heavy atom. The van der Waals surface area contributed by atoms with E-state index in [-0.39, 0.29) is 17.6 Å². The van der Waals surface area contributed by atoms with Gasteiger partial charge in [-0.2, -0.15) is 0 Å². The molecule has 1 aromatic heterocycles. The van der Waals surface area contributed by atoms with Gasteiger partial charge in [0.15, 0.2) is 5.13 Å². The lowest BCUT2D eigenvalue weighted by Crippen LogP contribution is -2.13. The molecule has 7 heteroatoms. The Hall–Kier alpha value is -2.38. The zero-order valence-corrected chi connectivity index (χ0v) is 14.5. The van der Waals surface area contributed by atoms with Crippen molar-refractivity contribution in [3.05, 3.63) is 48.5 Å². The Morgan fingerprint density at radius 3 is 2.75 bits per heavy atom. The smallest absolute Gasteiger partial charge is 0.236 e. The van der Waals surface area contributed by atoms with Crippen LogP contribution in [0.25, 0.3) is 10.2 Å². The summed E-state index contributed by atoms with van der Waals surface area (Å²) in [6.07, 6.45) is 0. The Morgan fingerprint density at radius 1 is 1.12 bits per heavy atom. The molecule has 0 spiro atoms. The number of amides is 2. The van der Waals surface area contributed by atoms with Gasteiger partial charge in [-0.1, -0.05) is 29.5 Å². The standard InChI is InChI=1S/C17H15N3O2S2/c1-11(21)18-12-5-4-6-13(9-12)23-10-16(22)20-17-19-14-7-2-3-8-15(14)24-17/h2-9H,10H2,1H3,(H,18,21)(H,19,20,22). The number of nitrogens with one attached hydrogen (secondary N) is 2. The average molecular weight is 357 g/mol. The highest BCUT2D eigenvalue weighted by molar-refractivity contribution is 8.00. The van der Waals surface area contributed by atoms with E-state index in [0.29, 0.717) is 5.13 Å². The van der Waals surface area contributed by atoms with Crippen LogP contribution in [0.2, 0.25) is 0 Å². The van der Waals surface area contributed by atoms with Crippen molar-refractivity contribution in [2.24, 2.45) is 0 Å². The number of thioether (sulfide) groups is 1. The number of carbonyl (C=O) groups excluding carboxylic acids is 2. The van der Waals surface area contributed by atoms with Crippen LogP contribution in [0.1, 0.15) is 6.92 Å². The summed E-state index contributed by atoms with van der Waals surface area (Å²) in [5, 5.41) is 6.16. The quantitative estimate of drug-likeness (QED) is 0.678. The molecule has 0 aliphatic rings. The van der Waals surface area contributed by atoms with Crippen LogP contribution in [-0.4, -0.2) is 22.6 Å². The first-order chi connectivity index (χ1) is 11.6. The minimum Gasteiger partial charge on any atom is -0.326 e. The third kappa shape index (κ3) is 4.33. The highest BCUT2D eigenvalue weighted by atomic mass is 32.2. The number of aromatic nitrogens is 1. The first-order valence-electron chi connectivity index (χ1n) is 7.26. The molecule has 5 nitrogen and oxygen atoms in total. The van der Waals surface area contributed by atoms with Gasteiger partial charge in [-0.3, -0.25) is 9.59 Å². The van der Waals surface area contributed by atoms with Gasteiger partial charge in [0.25, 0.3) is 0 Å². The van der Waals surface area contributed by atoms with Crippen molar-refractivity contribution < 1.29 is 9.59 Å². The van der Waals surface area contributed by atoms with Gasteiger partial charge >= 0.3 is 0 Å². The topological polar surface area (TPSA) is 71.1 Å². The lowest BCUT2D eigenvalue weighted by molar-refractivity contribution is -0.114. The van der Waals surface area contributed by atoms with Crippen molar-refractivity contribution in [2.75, 3.05) is 16.4 Å². The molecule has 2 N–H and O–H groups in total. The highest BCUT2D eigenvalue weighted by Crippen LogP contribution is 2.26. The summed E-state index contributed by atoms with van der Waals surface area (Å²) in [5.74, 6) is 0.0501. The van der Waals surface area contributed by atoms with Gasteiger partial charge in [-0.25, -0.2) is 4.98 Å². The van der Waals surface area contributed by atoms with E-state index in [1.807, 2.05) is 48.5 Å². The number of nitrogens with zero attached hydrogens (tertiary/aromatic N) is 1. The molecule has 0 atom stereocenters. The van der Waals surface area contributed by atoms with Gasteiger partial charge in [0.1, 0.15) is 0 Å². The molecule has 0 aliphatic heterocycles. The molecule has 3 aromatic rings. The summed E-state index contributed by atoms with van der Waals surface area (Å²) in [7, 11) is 0. The van der Waals surface area contributed by atoms with Crippen LogP contribution in [0.5, 0.6) is 0 Å². The second kappa shape index (κ2) is 7.46. The van der Waals surface area contributed by atoms with E-state index in [0.717, 1.165) is 20.8 Å². The third-order valence-electron chi connectivity index (χ3n) is 3.06. The number of fused-ring (bicyclic) bond motifs is 1. The number of hydrogen-bond donors (Lipinski definition) is 2. The summed E-state index contributed by atoms with van der Waals surface area (Å²) in [6, 6.07) is 15.2. The maximum absolute atomic E-state index is 12.1. The highest BCUT2D eigenvalue weighted by Gasteiger charge is 2.08. The van der Waals surface area contributed by atoms with Gasteiger partial charge in [-0.15, -0.1) is 11.8 Å². The SMILES string of the molecule is CC(=O)Nc1cccc(SCC(=O)Nc2nc3ccccc3s2)c1. The van der Waals surface area contributed by atoms with Crippen molar-refractivity contribution in [1.29, 1.82) is 0 Å². The van der Waals surface area contributed by atoms with Crippen molar-refractivity contribution >= 4 is 55.9 Å². The van der Waals surface area contributed by atoms with Crippen LogP contribution in [0.15, 0.2) is 53.4 Å². The number of thiazole rings is 1. The van der Waals surface area contributed by atoms with E-state index >= 15 is 0 Å². The van der Waals surface area contributed by atoms with E-state index in [9.17, 15) is 9.59 Å². The summed E-state index contributed by atoms with van der Waals surface area (Å²) in [6.45, 7) is 1.46. The molecule has 0 radical (unpaired) electrons. The number of para-hydroxylation sites is 1. The summed E-state index contributed by atoms with van der Waals surface area (Å²) >= 11 is 2.87. The molecule has 3 rings (SSSR count). The van der Waals surface area contributed by atoms with Crippen molar-refractivity contribution in [3.63, 3.8) is 0 Å². The predicted octanol–water partition coefficient (Wildman–Crippen LogP) is 3.99. The minimum atomic E-state index is -0.120. The van der Waals surface area contributed by atoms with Crippen LogP contribution >= 0.6 is 23.1 Å². The Labute approximate surface area is 147 Å². The lowest BCUT2D eigenvalue weighted by atomic mass is 10.3. The summed E-state index contributed by atoms with van der Waals surface area (Å²) in [5.41, 5.74) is 1.60. The van der Waals surface area contributed by atoms with Gasteiger partial charge in [0.05, 0.1) is 16.0 Å². The van der Waals surface area contributed by atoms with Crippen molar-refractivity contribution in [2.45, 2.75) is 11.8 Å². The largest absolute Gasteiger partial charge is 0.326 e. The Balaban J connectivity index is 1.58. The molecule has 0 saturated heterocycles. The monoisotopic (exact) mass is 357 g/mol. The van der Waals surface area contributed by atoms with Gasteiger partial charge < -0.3 is 10.6 Å². The third-order valence-corrected chi connectivity index (χ3v) is 5.01. The minimum absolute atomic E-state index is 0.107. The first-order valence-corrected chi connectivity index (χ1v) is 9.06. The molecule has 122 valence electrons. The molecule has 0 unspecified atom stereocenters. The zero-order chi connectivity index (χ0) is 16.9. The summed E-state index contributed by atoms with van der Waals surface area (Å²) in [4.78, 5) is 28.5. The maximum atomic E-state index is 12.1. The van der Waals surface area contributed by atoms with E-state index in [2.05, 4.69) is 15.6 Å². The molecule has 0 saturated carbocycles. The maximum Gasteiger partial charge on any atom is 0.236 e. The number of hydrogen-bond acceptors (Lipinski definition) is 5. The van der Waals surface area contributed by atoms with Gasteiger partial charge in [0.2, 0.25) is 11.8 Å². The second-order valence-electron chi connectivity index (χ2n) is 5.03. The average Bonchev–Trinajstić information content (AvgIpc) is 2.95. The zero-order valence-electron chi connectivity index (χ0n) is 12.9. The summed E-state index contributed by atoms with van der Waals surface area (Å²) < 4.78 is 1.04. The molecule has 24 heavy (non-hydrogen) atoms. The van der Waals surface area contributed by atoms with E-state index in [1.54, 1.807) is 0 Å². The van der Waals surface area contributed by atoms with E-state index in [1.165, 1.54) is 30.0 Å². The van der Waals surface area contributed by atoms with Crippen LogP contribution < -0.4 is 10.6 Å². The molecule has 0 aliphatic carbocycles. The lowest BCUT2D eigenvalue weighted by Gasteiger charge is -2.05. The fraction of sp³-hybridized carbons (Fsp3) is 0.118. The van der Waals surface area contributed by atoms with Crippen molar-refractivity contribution in [1.82, 2.24) is 4.98 Å². The number of carbonyl (C=O) groups is 2.